The van der Waals surface area contributed by atoms with Gasteiger partial charge in [0.1, 0.15) is 6.10 Å². The molecule has 6 nitrogen and oxygen atoms in total. The van der Waals surface area contributed by atoms with Crippen LogP contribution in [-0.2, 0) is 4.79 Å². The first-order chi connectivity index (χ1) is 16.4. The molecule has 4 saturated carbocycles. The molecule has 36 heavy (non-hydrogen) atoms. The van der Waals surface area contributed by atoms with E-state index in [2.05, 4.69) is 26.8 Å². The Morgan fingerprint density at radius 1 is 0.889 bits per heavy atom. The van der Waals surface area contributed by atoms with E-state index >= 15 is 0 Å². The van der Waals surface area contributed by atoms with Gasteiger partial charge >= 0.3 is 5.97 Å². The minimum absolute atomic E-state index is 0.00890. The fraction of sp³-hybridized carbons (Fsp3) is 0.900. The van der Waals surface area contributed by atoms with Crippen LogP contribution in [0.3, 0.4) is 0 Å². The normalized spacial score (nSPS) is 58.0. The first kappa shape index (κ1) is 26.6. The smallest absolute Gasteiger partial charge is 0.310 e. The molecule has 0 aliphatic heterocycles. The number of rotatable bonds is 1. The third kappa shape index (κ3) is 2.80. The van der Waals surface area contributed by atoms with Gasteiger partial charge in [0.2, 0.25) is 0 Å². The third-order valence-electron chi connectivity index (χ3n) is 13.6. The Labute approximate surface area is 216 Å². The van der Waals surface area contributed by atoms with Gasteiger partial charge in [0.25, 0.3) is 0 Å². The number of hydrogen-bond donors (Lipinski definition) is 5. The van der Waals surface area contributed by atoms with Crippen molar-refractivity contribution in [2.75, 3.05) is 0 Å². The molecule has 0 unspecified atom stereocenters. The highest BCUT2D eigenvalue weighted by Crippen LogP contribution is 2.76. The zero-order valence-corrected chi connectivity index (χ0v) is 23.2. The van der Waals surface area contributed by atoms with Crippen LogP contribution in [0.15, 0.2) is 11.6 Å². The number of carbonyl (C=O) groups is 1. The van der Waals surface area contributed by atoms with Crippen molar-refractivity contribution in [3.8, 4) is 0 Å². The van der Waals surface area contributed by atoms with Gasteiger partial charge in [-0.05, 0) is 85.9 Å². The molecule has 0 amide bonds. The Morgan fingerprint density at radius 3 is 2.14 bits per heavy atom. The van der Waals surface area contributed by atoms with Crippen molar-refractivity contribution in [1.82, 2.24) is 0 Å². The van der Waals surface area contributed by atoms with Crippen LogP contribution in [0.5, 0.6) is 0 Å². The molecular weight excluding hydrogens is 456 g/mol. The summed E-state index contributed by atoms with van der Waals surface area (Å²) in [6, 6.07) is 0. The molecular formula is C30H48O6. The highest BCUT2D eigenvalue weighted by Gasteiger charge is 2.73. The van der Waals surface area contributed by atoms with Crippen molar-refractivity contribution in [2.45, 2.75) is 117 Å². The Balaban J connectivity index is 1.67. The molecule has 0 spiro atoms. The van der Waals surface area contributed by atoms with Gasteiger partial charge in [0.05, 0.1) is 23.2 Å². The van der Waals surface area contributed by atoms with Crippen LogP contribution in [0, 0.1) is 50.7 Å². The fourth-order valence-electron chi connectivity index (χ4n) is 10.9. The number of carboxylic acids is 1. The van der Waals surface area contributed by atoms with Crippen molar-refractivity contribution in [3.05, 3.63) is 11.6 Å². The van der Waals surface area contributed by atoms with E-state index in [1.807, 2.05) is 27.7 Å². The lowest BCUT2D eigenvalue weighted by Crippen LogP contribution is -2.72. The maximum atomic E-state index is 12.8. The minimum atomic E-state index is -1.20. The number of allylic oxidation sites excluding steroid dienone is 1. The molecule has 0 aromatic carbocycles. The number of aliphatic hydroxyl groups is 4. The molecule has 12 atom stereocenters. The van der Waals surface area contributed by atoms with Gasteiger partial charge in [0, 0.05) is 11.3 Å². The molecule has 0 heterocycles. The van der Waals surface area contributed by atoms with Gasteiger partial charge < -0.3 is 25.5 Å². The van der Waals surface area contributed by atoms with Gasteiger partial charge in [-0.2, -0.15) is 0 Å². The van der Waals surface area contributed by atoms with E-state index in [0.717, 1.165) is 24.8 Å². The lowest BCUT2D eigenvalue weighted by atomic mass is 9.32. The maximum Gasteiger partial charge on any atom is 0.310 e. The van der Waals surface area contributed by atoms with Crippen LogP contribution in [0.2, 0.25) is 0 Å². The number of aliphatic carboxylic acids is 1. The lowest BCUT2D eigenvalue weighted by molar-refractivity contribution is -0.279. The molecule has 204 valence electrons. The first-order valence-corrected chi connectivity index (χ1v) is 14.1. The van der Waals surface area contributed by atoms with Crippen molar-refractivity contribution in [1.29, 1.82) is 0 Å². The van der Waals surface area contributed by atoms with E-state index in [1.54, 1.807) is 0 Å². The van der Waals surface area contributed by atoms with Crippen LogP contribution in [0.25, 0.3) is 0 Å². The summed E-state index contributed by atoms with van der Waals surface area (Å²) in [6.07, 6.45) is 4.02. The van der Waals surface area contributed by atoms with Gasteiger partial charge in [-0.25, -0.2) is 0 Å². The van der Waals surface area contributed by atoms with Crippen LogP contribution in [-0.4, -0.2) is 55.4 Å². The largest absolute Gasteiger partial charge is 0.481 e. The summed E-state index contributed by atoms with van der Waals surface area (Å²) < 4.78 is 0. The van der Waals surface area contributed by atoms with Gasteiger partial charge in [-0.1, -0.05) is 53.2 Å². The summed E-state index contributed by atoms with van der Waals surface area (Å²) >= 11 is 0. The Morgan fingerprint density at radius 2 is 1.53 bits per heavy atom. The molecule has 4 fully saturated rings. The zero-order chi connectivity index (χ0) is 26.9. The summed E-state index contributed by atoms with van der Waals surface area (Å²) in [5, 5.41) is 55.9. The van der Waals surface area contributed by atoms with Crippen molar-refractivity contribution < 1.29 is 30.3 Å². The second-order valence-corrected chi connectivity index (χ2v) is 14.9. The van der Waals surface area contributed by atoms with Crippen molar-refractivity contribution in [3.63, 3.8) is 0 Å². The van der Waals surface area contributed by atoms with Gasteiger partial charge in [-0.3, -0.25) is 4.79 Å². The topological polar surface area (TPSA) is 118 Å². The molecule has 5 aliphatic carbocycles. The maximum absolute atomic E-state index is 12.8. The predicted molar refractivity (Wildman–Crippen MR) is 137 cm³/mol. The van der Waals surface area contributed by atoms with Crippen molar-refractivity contribution in [2.24, 2.45) is 50.7 Å². The molecule has 6 heteroatoms. The van der Waals surface area contributed by atoms with Gasteiger partial charge in [-0.15, -0.1) is 0 Å². The van der Waals surface area contributed by atoms with E-state index in [1.165, 1.54) is 0 Å². The molecule has 5 rings (SSSR count). The molecule has 0 saturated heterocycles. The first-order valence-electron chi connectivity index (χ1n) is 14.1. The number of aliphatic hydroxyl groups excluding tert-OH is 3. The second kappa shape index (κ2) is 7.58. The van der Waals surface area contributed by atoms with Crippen molar-refractivity contribution >= 4 is 5.97 Å². The second-order valence-electron chi connectivity index (χ2n) is 14.9. The highest BCUT2D eigenvalue weighted by molar-refractivity contribution is 5.77. The standard InChI is InChI=1S/C30H48O6/c1-16-10-13-30(24(34)35)15-14-26(4)17(21(30)29(16,7)36)8-9-19-27(26,5)12-11-18-25(2,3)22(32)20(31)23(33)28(18,19)6/h8,16,18-23,31-33,36H,9-15H2,1-7H3,(H,34,35)/t16-,18+,19+,20-,21+,22-,23-,26-,27-,28+,29-,30+/m1/s1. The molecule has 0 aromatic heterocycles. The number of carboxylic acid groups (broad SMARTS) is 1. The monoisotopic (exact) mass is 504 g/mol. The Bertz CT molecular complexity index is 986. The average molecular weight is 505 g/mol. The fourth-order valence-corrected chi connectivity index (χ4v) is 10.9. The number of hydrogen-bond acceptors (Lipinski definition) is 5. The van der Waals surface area contributed by atoms with E-state index in [9.17, 15) is 30.3 Å². The quantitative estimate of drug-likeness (QED) is 0.343. The summed E-state index contributed by atoms with van der Waals surface area (Å²) in [6.45, 7) is 14.7. The van der Waals surface area contributed by atoms with Crippen LogP contribution in [0.4, 0.5) is 0 Å². The molecule has 5 N–H and O–H groups in total. The summed E-state index contributed by atoms with van der Waals surface area (Å²) in [4.78, 5) is 12.8. The Kier molecular flexibility index (Phi) is 5.61. The van der Waals surface area contributed by atoms with Crippen LogP contribution >= 0.6 is 0 Å². The Hall–Kier alpha value is -0.950. The SMILES string of the molecule is C[C@@H]1CC[C@]2(C(=O)O)CC[C@]3(C)C(=CC[C@@H]4[C@@]5(C)[C@H](O)[C@H](O)[C@@H](O)C(C)(C)[C@@H]5CC[C@]43C)[C@H]2[C@]1(C)O. The predicted octanol–water partition coefficient (Wildman–Crippen LogP) is 4.15. The summed E-state index contributed by atoms with van der Waals surface area (Å²) in [7, 11) is 0. The molecule has 0 bridgehead atoms. The molecule has 0 aromatic rings. The van der Waals surface area contributed by atoms with E-state index < -0.39 is 52.0 Å². The van der Waals surface area contributed by atoms with Crippen LogP contribution < -0.4 is 0 Å². The molecule has 5 aliphatic rings. The lowest BCUT2D eigenvalue weighted by Gasteiger charge is -2.72. The highest BCUT2D eigenvalue weighted by atomic mass is 16.4. The molecule has 0 radical (unpaired) electrons. The van der Waals surface area contributed by atoms with E-state index in [-0.39, 0.29) is 28.6 Å². The summed E-state index contributed by atoms with van der Waals surface area (Å²) in [5.74, 6) is -1.10. The van der Waals surface area contributed by atoms with Gasteiger partial charge in [0.15, 0.2) is 0 Å². The zero-order valence-electron chi connectivity index (χ0n) is 23.2. The third-order valence-corrected chi connectivity index (χ3v) is 13.6. The minimum Gasteiger partial charge on any atom is -0.481 e. The summed E-state index contributed by atoms with van der Waals surface area (Å²) in [5.41, 5.74) is -2.63. The van der Waals surface area contributed by atoms with E-state index in [0.29, 0.717) is 25.7 Å². The van der Waals surface area contributed by atoms with Crippen LogP contribution in [0.1, 0.15) is 93.4 Å². The average Bonchev–Trinajstić information content (AvgIpc) is 2.79. The number of fused-ring (bicyclic) bond motifs is 7. The van der Waals surface area contributed by atoms with E-state index in [4.69, 9.17) is 0 Å².